The smallest absolute Gasteiger partial charge is 0.335 e. The first-order valence-electron chi connectivity index (χ1n) is 6.14. The number of carboxylic acids is 1. The van der Waals surface area contributed by atoms with E-state index in [0.717, 1.165) is 19.4 Å². The summed E-state index contributed by atoms with van der Waals surface area (Å²) in [5.74, 6) is -1.02. The lowest BCUT2D eigenvalue weighted by Gasteiger charge is -2.23. The number of hydrogen-bond acceptors (Lipinski definition) is 3. The quantitative estimate of drug-likeness (QED) is 0.775. The largest absolute Gasteiger partial charge is 0.478 e. The summed E-state index contributed by atoms with van der Waals surface area (Å²) in [5.41, 5.74) is 0.591. The highest BCUT2D eigenvalue weighted by atomic mass is 16.5. The number of carbonyl (C=O) groups is 2. The maximum Gasteiger partial charge on any atom is 0.335 e. The highest BCUT2D eigenvalue weighted by Gasteiger charge is 2.16. The van der Waals surface area contributed by atoms with E-state index in [4.69, 9.17) is 9.84 Å². The van der Waals surface area contributed by atoms with Gasteiger partial charge in [0.15, 0.2) is 0 Å². The summed E-state index contributed by atoms with van der Waals surface area (Å²) in [7, 11) is 0. The molecule has 1 heterocycles. The molecule has 1 aromatic carbocycles. The lowest BCUT2D eigenvalue weighted by atomic mass is 10.1. The van der Waals surface area contributed by atoms with E-state index in [1.54, 1.807) is 12.1 Å². The summed E-state index contributed by atoms with van der Waals surface area (Å²) in [6.07, 6.45) is 1.82. The highest BCUT2D eigenvalue weighted by molar-refractivity contribution is 5.93. The molecule has 0 spiro atoms. The van der Waals surface area contributed by atoms with E-state index in [0.29, 0.717) is 12.3 Å². The molecule has 0 saturated carbocycles. The Balaban J connectivity index is 1.90. The molecular weight excluding hydrogens is 248 g/mol. The van der Waals surface area contributed by atoms with E-state index in [1.165, 1.54) is 12.1 Å². The number of benzene rings is 1. The van der Waals surface area contributed by atoms with Crippen LogP contribution < -0.4 is 10.6 Å². The Labute approximate surface area is 110 Å². The standard InChI is InChI=1S/C13H16N2O4/c16-12(17)9-3-1-4-10(7-9)14-13(18)15-11-5-2-6-19-8-11/h1,3-4,7,11H,2,5-6,8H2,(H,16,17)(H2,14,15,18). The molecule has 3 N–H and O–H groups in total. The van der Waals surface area contributed by atoms with Gasteiger partial charge in [0.25, 0.3) is 0 Å². The maximum atomic E-state index is 11.7. The van der Waals surface area contributed by atoms with Crippen molar-refractivity contribution in [2.24, 2.45) is 0 Å². The molecule has 1 aliphatic heterocycles. The Morgan fingerprint density at radius 2 is 2.21 bits per heavy atom. The van der Waals surface area contributed by atoms with E-state index in [2.05, 4.69) is 10.6 Å². The first-order valence-corrected chi connectivity index (χ1v) is 6.14. The van der Waals surface area contributed by atoms with Gasteiger partial charge in [-0.25, -0.2) is 9.59 Å². The third-order valence-corrected chi connectivity index (χ3v) is 2.86. The van der Waals surface area contributed by atoms with Gasteiger partial charge in [0.05, 0.1) is 18.2 Å². The number of aromatic carboxylic acids is 1. The van der Waals surface area contributed by atoms with Crippen LogP contribution in [0.5, 0.6) is 0 Å². The number of nitrogens with one attached hydrogen (secondary N) is 2. The van der Waals surface area contributed by atoms with Crippen molar-refractivity contribution in [3.05, 3.63) is 29.8 Å². The van der Waals surface area contributed by atoms with Crippen LogP contribution >= 0.6 is 0 Å². The van der Waals surface area contributed by atoms with Crippen molar-refractivity contribution in [2.75, 3.05) is 18.5 Å². The van der Waals surface area contributed by atoms with Crippen LogP contribution in [0.2, 0.25) is 0 Å². The molecule has 1 aromatic rings. The van der Waals surface area contributed by atoms with Gasteiger partial charge >= 0.3 is 12.0 Å². The minimum Gasteiger partial charge on any atom is -0.478 e. The second-order valence-electron chi connectivity index (χ2n) is 4.40. The van der Waals surface area contributed by atoms with Gasteiger partial charge in [-0.3, -0.25) is 0 Å². The van der Waals surface area contributed by atoms with Gasteiger partial charge in [0.2, 0.25) is 0 Å². The van der Waals surface area contributed by atoms with E-state index < -0.39 is 5.97 Å². The topological polar surface area (TPSA) is 87.7 Å². The van der Waals surface area contributed by atoms with Gasteiger partial charge in [-0.15, -0.1) is 0 Å². The van der Waals surface area contributed by atoms with Crippen LogP contribution in [0.25, 0.3) is 0 Å². The molecule has 0 aromatic heterocycles. The number of rotatable bonds is 3. The van der Waals surface area contributed by atoms with Gasteiger partial charge < -0.3 is 20.5 Å². The molecule has 6 nitrogen and oxygen atoms in total. The molecule has 0 bridgehead atoms. The van der Waals surface area contributed by atoms with Crippen molar-refractivity contribution in [2.45, 2.75) is 18.9 Å². The van der Waals surface area contributed by atoms with Crippen molar-refractivity contribution >= 4 is 17.7 Å². The van der Waals surface area contributed by atoms with E-state index in [9.17, 15) is 9.59 Å². The predicted octanol–water partition coefficient (Wildman–Crippen LogP) is 1.69. The Morgan fingerprint density at radius 1 is 1.37 bits per heavy atom. The van der Waals surface area contributed by atoms with Crippen molar-refractivity contribution < 1.29 is 19.4 Å². The van der Waals surface area contributed by atoms with Gasteiger partial charge in [-0.05, 0) is 31.0 Å². The first kappa shape index (κ1) is 13.4. The summed E-state index contributed by atoms with van der Waals surface area (Å²) in [4.78, 5) is 22.5. The Kier molecular flexibility index (Phi) is 4.35. The van der Waals surface area contributed by atoms with Crippen LogP contribution in [-0.4, -0.2) is 36.4 Å². The maximum absolute atomic E-state index is 11.7. The molecule has 2 rings (SSSR count). The number of ether oxygens (including phenoxy) is 1. The number of carboxylic acid groups (broad SMARTS) is 1. The normalized spacial score (nSPS) is 18.6. The molecule has 2 amide bonds. The van der Waals surface area contributed by atoms with Crippen molar-refractivity contribution in [1.82, 2.24) is 5.32 Å². The molecule has 1 saturated heterocycles. The predicted molar refractivity (Wildman–Crippen MR) is 69.4 cm³/mol. The number of amides is 2. The van der Waals surface area contributed by atoms with Crippen molar-refractivity contribution in [3.63, 3.8) is 0 Å². The van der Waals surface area contributed by atoms with Gasteiger partial charge in [0, 0.05) is 12.3 Å². The Morgan fingerprint density at radius 3 is 2.89 bits per heavy atom. The summed E-state index contributed by atoms with van der Waals surface area (Å²) in [6, 6.07) is 5.78. The molecular formula is C13H16N2O4. The van der Waals surface area contributed by atoms with E-state index >= 15 is 0 Å². The average Bonchev–Trinajstić information content (AvgIpc) is 2.40. The fourth-order valence-electron chi connectivity index (χ4n) is 1.94. The number of anilines is 1. The van der Waals surface area contributed by atoms with Gasteiger partial charge in [0.1, 0.15) is 0 Å². The van der Waals surface area contributed by atoms with Crippen molar-refractivity contribution in [1.29, 1.82) is 0 Å². The number of urea groups is 1. The lowest BCUT2D eigenvalue weighted by Crippen LogP contribution is -2.42. The zero-order valence-corrected chi connectivity index (χ0v) is 10.4. The number of carbonyl (C=O) groups excluding carboxylic acids is 1. The van der Waals surface area contributed by atoms with E-state index in [-0.39, 0.29) is 17.6 Å². The average molecular weight is 264 g/mol. The van der Waals surface area contributed by atoms with Crippen molar-refractivity contribution in [3.8, 4) is 0 Å². The first-order chi connectivity index (χ1) is 9.15. The van der Waals surface area contributed by atoms with Crippen LogP contribution in [-0.2, 0) is 4.74 Å². The van der Waals surface area contributed by atoms with Gasteiger partial charge in [-0.1, -0.05) is 6.07 Å². The van der Waals surface area contributed by atoms with Gasteiger partial charge in [-0.2, -0.15) is 0 Å². The second-order valence-corrected chi connectivity index (χ2v) is 4.40. The van der Waals surface area contributed by atoms with Crippen LogP contribution in [0.4, 0.5) is 10.5 Å². The third-order valence-electron chi connectivity index (χ3n) is 2.86. The molecule has 1 aliphatic rings. The molecule has 1 fully saturated rings. The third kappa shape index (κ3) is 3.96. The van der Waals surface area contributed by atoms with Crippen LogP contribution in [0.3, 0.4) is 0 Å². The molecule has 19 heavy (non-hydrogen) atoms. The SMILES string of the molecule is O=C(Nc1cccc(C(=O)O)c1)NC1CCCOC1. The summed E-state index contributed by atoms with van der Waals surface area (Å²) >= 11 is 0. The minimum absolute atomic E-state index is 0.0106. The summed E-state index contributed by atoms with van der Waals surface area (Å²) < 4.78 is 5.26. The number of hydrogen-bond donors (Lipinski definition) is 3. The van der Waals surface area contributed by atoms with Crippen LogP contribution in [0.1, 0.15) is 23.2 Å². The molecule has 6 heteroatoms. The Hall–Kier alpha value is -2.08. The zero-order chi connectivity index (χ0) is 13.7. The summed E-state index contributed by atoms with van der Waals surface area (Å²) in [5, 5.41) is 14.3. The fraction of sp³-hybridized carbons (Fsp3) is 0.385. The molecule has 102 valence electrons. The molecule has 0 aliphatic carbocycles. The Bertz CT molecular complexity index is 469. The highest BCUT2D eigenvalue weighted by Crippen LogP contribution is 2.11. The van der Waals surface area contributed by atoms with Crippen LogP contribution in [0, 0.1) is 0 Å². The molecule has 1 unspecified atom stereocenters. The minimum atomic E-state index is -1.02. The van der Waals surface area contributed by atoms with Crippen LogP contribution in [0.15, 0.2) is 24.3 Å². The molecule has 1 atom stereocenters. The zero-order valence-electron chi connectivity index (χ0n) is 10.4. The summed E-state index contributed by atoms with van der Waals surface area (Å²) in [6.45, 7) is 1.25. The van der Waals surface area contributed by atoms with E-state index in [1.807, 2.05) is 0 Å². The second kappa shape index (κ2) is 6.19. The molecule has 0 radical (unpaired) electrons. The fourth-order valence-corrected chi connectivity index (χ4v) is 1.94. The lowest BCUT2D eigenvalue weighted by molar-refractivity contribution is 0.0697. The monoisotopic (exact) mass is 264 g/mol.